The molecular weight excluding hydrogens is 212 g/mol. The van der Waals surface area contributed by atoms with Crippen molar-refractivity contribution in [2.75, 3.05) is 11.9 Å². The van der Waals surface area contributed by atoms with Gasteiger partial charge in [0.05, 0.1) is 18.1 Å². The van der Waals surface area contributed by atoms with Gasteiger partial charge in [0.2, 0.25) is 0 Å². The largest absolute Gasteiger partial charge is 0.309 e. The first-order valence-corrected chi connectivity index (χ1v) is 5.02. The normalized spacial score (nSPS) is 9.93. The Kier molecular flexibility index (Phi) is 2.68. The van der Waals surface area contributed by atoms with Crippen molar-refractivity contribution in [1.82, 2.24) is 14.6 Å². The van der Waals surface area contributed by atoms with Crippen LogP contribution in [0.3, 0.4) is 0 Å². The van der Waals surface area contributed by atoms with E-state index in [0.29, 0.717) is 4.88 Å². The molecular formula is C9H8N4OS. The summed E-state index contributed by atoms with van der Waals surface area (Å²) in [7, 11) is 1.69. The van der Waals surface area contributed by atoms with Crippen LogP contribution in [-0.2, 0) is 0 Å². The maximum atomic E-state index is 11.8. The molecule has 0 fully saturated rings. The molecule has 76 valence electrons. The number of carbonyl (C=O) groups is 1. The first-order valence-electron chi connectivity index (χ1n) is 4.24. The number of carbonyl (C=O) groups excluding carboxylic acids is 1. The van der Waals surface area contributed by atoms with E-state index in [-0.39, 0.29) is 5.91 Å². The SMILES string of the molecule is CN(C(=O)c1cnns1)c1cccnc1. The van der Waals surface area contributed by atoms with Gasteiger partial charge < -0.3 is 4.90 Å². The number of rotatable bonds is 2. The predicted octanol–water partition coefficient (Wildman–Crippen LogP) is 1.21. The van der Waals surface area contributed by atoms with Crippen LogP contribution in [0, 0.1) is 0 Å². The van der Waals surface area contributed by atoms with E-state index >= 15 is 0 Å². The van der Waals surface area contributed by atoms with Gasteiger partial charge in [-0.3, -0.25) is 9.78 Å². The first kappa shape index (κ1) is 9.72. The smallest absolute Gasteiger partial charge is 0.271 e. The minimum Gasteiger partial charge on any atom is -0.309 e. The Morgan fingerprint density at radius 2 is 2.33 bits per heavy atom. The van der Waals surface area contributed by atoms with Gasteiger partial charge in [-0.2, -0.15) is 0 Å². The van der Waals surface area contributed by atoms with Gasteiger partial charge in [-0.05, 0) is 23.7 Å². The second kappa shape index (κ2) is 4.14. The van der Waals surface area contributed by atoms with Gasteiger partial charge >= 0.3 is 0 Å². The van der Waals surface area contributed by atoms with Crippen molar-refractivity contribution in [3.8, 4) is 0 Å². The second-order valence-electron chi connectivity index (χ2n) is 2.86. The third-order valence-corrected chi connectivity index (χ3v) is 2.56. The monoisotopic (exact) mass is 220 g/mol. The highest BCUT2D eigenvalue weighted by atomic mass is 32.1. The fraction of sp³-hybridized carbons (Fsp3) is 0.111. The summed E-state index contributed by atoms with van der Waals surface area (Å²) in [6.45, 7) is 0. The standard InChI is InChI=1S/C9H8N4OS/c1-13(7-3-2-4-10-5-7)9(14)8-6-11-12-15-8/h2-6H,1H3. The summed E-state index contributed by atoms with van der Waals surface area (Å²) < 4.78 is 3.65. The summed E-state index contributed by atoms with van der Waals surface area (Å²) in [6.07, 6.45) is 4.75. The highest BCUT2D eigenvalue weighted by Crippen LogP contribution is 2.14. The van der Waals surface area contributed by atoms with Crippen LogP contribution in [-0.4, -0.2) is 27.5 Å². The molecule has 0 aliphatic heterocycles. The Morgan fingerprint density at radius 1 is 1.47 bits per heavy atom. The van der Waals surface area contributed by atoms with Crippen molar-refractivity contribution in [2.24, 2.45) is 0 Å². The van der Waals surface area contributed by atoms with E-state index in [9.17, 15) is 4.79 Å². The van der Waals surface area contributed by atoms with E-state index in [1.54, 1.807) is 25.5 Å². The number of pyridine rings is 1. The van der Waals surface area contributed by atoms with E-state index in [1.807, 2.05) is 6.07 Å². The summed E-state index contributed by atoms with van der Waals surface area (Å²) in [5.41, 5.74) is 0.746. The topological polar surface area (TPSA) is 59.0 Å². The van der Waals surface area contributed by atoms with Crippen molar-refractivity contribution in [2.45, 2.75) is 0 Å². The lowest BCUT2D eigenvalue weighted by molar-refractivity contribution is 0.0996. The molecule has 0 saturated heterocycles. The minimum absolute atomic E-state index is 0.127. The Labute approximate surface area is 90.5 Å². The average molecular weight is 220 g/mol. The Morgan fingerprint density at radius 3 is 2.93 bits per heavy atom. The lowest BCUT2D eigenvalue weighted by Crippen LogP contribution is -2.25. The zero-order chi connectivity index (χ0) is 10.7. The summed E-state index contributed by atoms with van der Waals surface area (Å²) in [6, 6.07) is 3.60. The molecule has 0 aliphatic rings. The number of hydrogen-bond acceptors (Lipinski definition) is 5. The van der Waals surface area contributed by atoms with E-state index < -0.39 is 0 Å². The quantitative estimate of drug-likeness (QED) is 0.763. The molecule has 1 amide bonds. The van der Waals surface area contributed by atoms with Crippen molar-refractivity contribution in [3.05, 3.63) is 35.6 Å². The van der Waals surface area contributed by atoms with Crippen LogP contribution in [0.1, 0.15) is 9.67 Å². The highest BCUT2D eigenvalue weighted by Gasteiger charge is 2.15. The molecule has 0 bridgehead atoms. The van der Waals surface area contributed by atoms with Gasteiger partial charge in [-0.15, -0.1) is 5.10 Å². The molecule has 2 aromatic rings. The van der Waals surface area contributed by atoms with Gasteiger partial charge in [-0.1, -0.05) is 4.49 Å². The third-order valence-electron chi connectivity index (χ3n) is 1.91. The summed E-state index contributed by atoms with van der Waals surface area (Å²) >= 11 is 1.08. The number of nitrogens with zero attached hydrogens (tertiary/aromatic N) is 4. The fourth-order valence-electron chi connectivity index (χ4n) is 1.10. The first-order chi connectivity index (χ1) is 7.29. The number of amides is 1. The van der Waals surface area contributed by atoms with Crippen molar-refractivity contribution in [1.29, 1.82) is 0 Å². The predicted molar refractivity (Wildman–Crippen MR) is 56.9 cm³/mol. The molecule has 0 unspecified atom stereocenters. The summed E-state index contributed by atoms with van der Waals surface area (Å²) in [5.74, 6) is -0.127. The van der Waals surface area contributed by atoms with Crippen LogP contribution >= 0.6 is 11.5 Å². The van der Waals surface area contributed by atoms with E-state index in [1.165, 1.54) is 11.1 Å². The van der Waals surface area contributed by atoms with Gasteiger partial charge in [0.1, 0.15) is 4.88 Å². The Balaban J connectivity index is 2.23. The van der Waals surface area contributed by atoms with Gasteiger partial charge in [0.25, 0.3) is 5.91 Å². The fourth-order valence-corrected chi connectivity index (χ4v) is 1.59. The number of anilines is 1. The highest BCUT2D eigenvalue weighted by molar-refractivity contribution is 7.07. The molecule has 5 nitrogen and oxygen atoms in total. The maximum Gasteiger partial charge on any atom is 0.271 e. The molecule has 0 saturated carbocycles. The molecule has 0 aliphatic carbocycles. The van der Waals surface area contributed by atoms with E-state index in [4.69, 9.17) is 0 Å². The van der Waals surface area contributed by atoms with Crippen molar-refractivity contribution < 1.29 is 4.79 Å². The van der Waals surface area contributed by atoms with Crippen LogP contribution < -0.4 is 4.90 Å². The molecule has 15 heavy (non-hydrogen) atoms. The van der Waals surface area contributed by atoms with Gasteiger partial charge in [-0.25, -0.2) is 0 Å². The Bertz CT molecular complexity index is 442. The van der Waals surface area contributed by atoms with Crippen LogP contribution in [0.5, 0.6) is 0 Å². The second-order valence-corrected chi connectivity index (χ2v) is 3.64. The summed E-state index contributed by atoms with van der Waals surface area (Å²) in [4.78, 5) is 17.8. The molecule has 0 aromatic carbocycles. The Hall–Kier alpha value is -1.82. The average Bonchev–Trinajstić information content (AvgIpc) is 2.82. The van der Waals surface area contributed by atoms with Crippen molar-refractivity contribution >= 4 is 23.1 Å². The molecule has 0 N–H and O–H groups in total. The van der Waals surface area contributed by atoms with Crippen LogP contribution in [0.15, 0.2) is 30.7 Å². The zero-order valence-corrected chi connectivity index (χ0v) is 8.81. The van der Waals surface area contributed by atoms with Crippen LogP contribution in [0.25, 0.3) is 0 Å². The molecule has 2 rings (SSSR count). The maximum absolute atomic E-state index is 11.8. The molecule has 2 aromatic heterocycles. The molecule has 0 spiro atoms. The minimum atomic E-state index is -0.127. The van der Waals surface area contributed by atoms with Crippen LogP contribution in [0.2, 0.25) is 0 Å². The van der Waals surface area contributed by atoms with Gasteiger partial charge in [0.15, 0.2) is 0 Å². The summed E-state index contributed by atoms with van der Waals surface area (Å²) in [5, 5.41) is 3.62. The zero-order valence-electron chi connectivity index (χ0n) is 7.99. The molecule has 0 radical (unpaired) electrons. The lowest BCUT2D eigenvalue weighted by Gasteiger charge is -2.14. The van der Waals surface area contributed by atoms with E-state index in [2.05, 4.69) is 14.6 Å². The molecule has 0 atom stereocenters. The third kappa shape index (κ3) is 1.99. The van der Waals surface area contributed by atoms with Crippen LogP contribution in [0.4, 0.5) is 5.69 Å². The van der Waals surface area contributed by atoms with Crippen molar-refractivity contribution in [3.63, 3.8) is 0 Å². The molecule has 6 heteroatoms. The van der Waals surface area contributed by atoms with Gasteiger partial charge in [0, 0.05) is 13.2 Å². The lowest BCUT2D eigenvalue weighted by atomic mass is 10.3. The number of hydrogen-bond donors (Lipinski definition) is 0. The number of aromatic nitrogens is 3. The molecule has 2 heterocycles. The van der Waals surface area contributed by atoms with E-state index in [0.717, 1.165) is 17.2 Å².